The Morgan fingerprint density at radius 1 is 1.45 bits per heavy atom. The van der Waals surface area contributed by atoms with Gasteiger partial charge in [0, 0.05) is 31.1 Å². The highest BCUT2D eigenvalue weighted by molar-refractivity contribution is 5.92. The normalized spacial score (nSPS) is 20.8. The van der Waals surface area contributed by atoms with Crippen LogP contribution in [0.5, 0.6) is 5.75 Å². The van der Waals surface area contributed by atoms with Crippen LogP contribution in [0.3, 0.4) is 0 Å². The average Bonchev–Trinajstić information content (AvgIpc) is 2.48. The Bertz CT molecular complexity index is 499. The molecule has 0 aromatic heterocycles. The highest BCUT2D eigenvalue weighted by Crippen LogP contribution is 2.18. The van der Waals surface area contributed by atoms with E-state index in [1.54, 1.807) is 36.3 Å². The Hall–Kier alpha value is -2.24. The van der Waals surface area contributed by atoms with Crippen molar-refractivity contribution >= 4 is 17.4 Å². The van der Waals surface area contributed by atoms with Gasteiger partial charge in [-0.2, -0.15) is 0 Å². The van der Waals surface area contributed by atoms with Crippen LogP contribution < -0.4 is 10.1 Å². The number of ether oxygens (including phenoxy) is 1. The molecule has 1 atom stereocenters. The lowest BCUT2D eigenvalue weighted by Gasteiger charge is -2.31. The fourth-order valence-corrected chi connectivity index (χ4v) is 2.23. The molecule has 108 valence electrons. The van der Waals surface area contributed by atoms with Gasteiger partial charge in [-0.05, 0) is 24.3 Å². The molecule has 0 aliphatic carbocycles. The molecule has 0 bridgehead atoms. The Balaban J connectivity index is 1.94. The summed E-state index contributed by atoms with van der Waals surface area (Å²) in [5.74, 6) is 0.828. The summed E-state index contributed by atoms with van der Waals surface area (Å²) < 4.78 is 5.07. The predicted octanol–water partition coefficient (Wildman–Crippen LogP) is 2.40. The van der Waals surface area contributed by atoms with Gasteiger partial charge in [0.1, 0.15) is 5.75 Å². The lowest BCUT2D eigenvalue weighted by molar-refractivity contribution is 0.203. The first-order valence-corrected chi connectivity index (χ1v) is 6.55. The van der Waals surface area contributed by atoms with E-state index < -0.39 is 0 Å². The summed E-state index contributed by atoms with van der Waals surface area (Å²) in [6.45, 7) is 3.06. The Morgan fingerprint density at radius 3 is 2.70 bits per heavy atom. The quantitative estimate of drug-likeness (QED) is 0.644. The standard InChI is InChI=1S/C14H19N3O3/c1-10-9-17(8-7-13(10)16-19)14(18)15-11-3-5-12(20-2)6-4-11/h3-6,10,19H,7-9H2,1-2H3,(H,15,18)/b16-13-. The number of oxime groups is 1. The van der Waals surface area contributed by atoms with E-state index in [9.17, 15) is 4.79 Å². The number of anilines is 1. The third kappa shape index (κ3) is 3.20. The van der Waals surface area contributed by atoms with Crippen LogP contribution in [-0.4, -0.2) is 42.0 Å². The number of piperidine rings is 1. The molecule has 0 spiro atoms. The number of nitrogens with zero attached hydrogens (tertiary/aromatic N) is 2. The summed E-state index contributed by atoms with van der Waals surface area (Å²) in [6, 6.07) is 7.05. The number of hydrogen-bond donors (Lipinski definition) is 2. The van der Waals surface area contributed by atoms with Crippen molar-refractivity contribution in [3.05, 3.63) is 24.3 Å². The SMILES string of the molecule is COc1ccc(NC(=O)N2CC/C(=N/O)C(C)C2)cc1. The molecule has 1 aliphatic heterocycles. The molecule has 1 aliphatic rings. The maximum atomic E-state index is 12.1. The number of hydrogen-bond acceptors (Lipinski definition) is 4. The molecular weight excluding hydrogens is 258 g/mol. The second kappa shape index (κ2) is 6.27. The maximum Gasteiger partial charge on any atom is 0.321 e. The molecule has 1 aromatic rings. The molecule has 0 saturated carbocycles. The van der Waals surface area contributed by atoms with E-state index >= 15 is 0 Å². The van der Waals surface area contributed by atoms with Crippen LogP contribution in [0.25, 0.3) is 0 Å². The lowest BCUT2D eigenvalue weighted by Crippen LogP contribution is -2.45. The van der Waals surface area contributed by atoms with E-state index in [1.807, 2.05) is 6.92 Å². The first kappa shape index (κ1) is 14.2. The number of amides is 2. The van der Waals surface area contributed by atoms with Crippen molar-refractivity contribution in [2.45, 2.75) is 13.3 Å². The lowest BCUT2D eigenvalue weighted by atomic mass is 9.98. The van der Waals surface area contributed by atoms with Gasteiger partial charge in [-0.15, -0.1) is 0 Å². The maximum absolute atomic E-state index is 12.1. The molecular formula is C14H19N3O3. The van der Waals surface area contributed by atoms with Crippen molar-refractivity contribution in [1.82, 2.24) is 4.90 Å². The van der Waals surface area contributed by atoms with E-state index in [1.165, 1.54) is 0 Å². The first-order valence-electron chi connectivity index (χ1n) is 6.55. The van der Waals surface area contributed by atoms with Crippen molar-refractivity contribution in [2.24, 2.45) is 11.1 Å². The molecule has 2 amide bonds. The van der Waals surface area contributed by atoms with Crippen molar-refractivity contribution in [3.8, 4) is 5.75 Å². The van der Waals surface area contributed by atoms with Crippen LogP contribution in [0.15, 0.2) is 29.4 Å². The number of methoxy groups -OCH3 is 1. The number of carbonyl (C=O) groups is 1. The van der Waals surface area contributed by atoms with Crippen LogP contribution >= 0.6 is 0 Å². The van der Waals surface area contributed by atoms with Gasteiger partial charge in [0.25, 0.3) is 0 Å². The van der Waals surface area contributed by atoms with Crippen LogP contribution in [-0.2, 0) is 0 Å². The van der Waals surface area contributed by atoms with Gasteiger partial charge < -0.3 is 20.2 Å². The number of carbonyl (C=O) groups excluding carboxylic acids is 1. The van der Waals surface area contributed by atoms with E-state index in [-0.39, 0.29) is 11.9 Å². The van der Waals surface area contributed by atoms with Gasteiger partial charge in [-0.25, -0.2) is 4.79 Å². The Morgan fingerprint density at radius 2 is 2.15 bits per heavy atom. The average molecular weight is 277 g/mol. The minimum absolute atomic E-state index is 0.0790. The van der Waals surface area contributed by atoms with Crippen LogP contribution in [0.4, 0.5) is 10.5 Å². The molecule has 1 fully saturated rings. The fourth-order valence-electron chi connectivity index (χ4n) is 2.23. The molecule has 1 aromatic carbocycles. The van der Waals surface area contributed by atoms with Gasteiger partial charge in [0.2, 0.25) is 0 Å². The topological polar surface area (TPSA) is 74.2 Å². The van der Waals surface area contributed by atoms with Crippen LogP contribution in [0.2, 0.25) is 0 Å². The van der Waals surface area contributed by atoms with Crippen LogP contribution in [0, 0.1) is 5.92 Å². The number of nitrogens with one attached hydrogen (secondary N) is 1. The van der Waals surface area contributed by atoms with Gasteiger partial charge in [0.15, 0.2) is 0 Å². The minimum Gasteiger partial charge on any atom is -0.497 e. The summed E-state index contributed by atoms with van der Waals surface area (Å²) in [5, 5.41) is 14.9. The van der Waals surface area contributed by atoms with E-state index in [4.69, 9.17) is 9.94 Å². The fraction of sp³-hybridized carbons (Fsp3) is 0.429. The predicted molar refractivity (Wildman–Crippen MR) is 76.6 cm³/mol. The van der Waals surface area contributed by atoms with Gasteiger partial charge in [0.05, 0.1) is 12.8 Å². The number of urea groups is 1. The second-order valence-electron chi connectivity index (χ2n) is 4.85. The first-order chi connectivity index (χ1) is 9.63. The minimum atomic E-state index is -0.140. The third-order valence-electron chi connectivity index (χ3n) is 3.46. The number of benzene rings is 1. The van der Waals surface area contributed by atoms with Crippen molar-refractivity contribution in [2.75, 3.05) is 25.5 Å². The van der Waals surface area contributed by atoms with Gasteiger partial charge in [-0.1, -0.05) is 12.1 Å². The van der Waals surface area contributed by atoms with Crippen molar-refractivity contribution in [3.63, 3.8) is 0 Å². The largest absolute Gasteiger partial charge is 0.497 e. The van der Waals surface area contributed by atoms with Crippen molar-refractivity contribution in [1.29, 1.82) is 0 Å². The Labute approximate surface area is 118 Å². The third-order valence-corrected chi connectivity index (χ3v) is 3.46. The zero-order chi connectivity index (χ0) is 14.5. The summed E-state index contributed by atoms with van der Waals surface area (Å²) in [7, 11) is 1.60. The summed E-state index contributed by atoms with van der Waals surface area (Å²) >= 11 is 0. The summed E-state index contributed by atoms with van der Waals surface area (Å²) in [5.41, 5.74) is 1.48. The molecule has 20 heavy (non-hydrogen) atoms. The van der Waals surface area contributed by atoms with Gasteiger partial charge in [-0.3, -0.25) is 0 Å². The summed E-state index contributed by atoms with van der Waals surface area (Å²) in [6.07, 6.45) is 0.605. The summed E-state index contributed by atoms with van der Waals surface area (Å²) in [4.78, 5) is 13.9. The molecule has 1 saturated heterocycles. The molecule has 0 radical (unpaired) electrons. The zero-order valence-corrected chi connectivity index (χ0v) is 11.7. The van der Waals surface area contributed by atoms with E-state index in [0.29, 0.717) is 19.5 Å². The zero-order valence-electron chi connectivity index (χ0n) is 11.7. The molecule has 2 N–H and O–H groups in total. The van der Waals surface area contributed by atoms with E-state index in [0.717, 1.165) is 17.1 Å². The highest BCUT2D eigenvalue weighted by atomic mass is 16.5. The van der Waals surface area contributed by atoms with Crippen LogP contribution in [0.1, 0.15) is 13.3 Å². The molecule has 6 nitrogen and oxygen atoms in total. The molecule has 2 rings (SSSR count). The molecule has 1 unspecified atom stereocenters. The second-order valence-corrected chi connectivity index (χ2v) is 4.85. The van der Waals surface area contributed by atoms with Gasteiger partial charge >= 0.3 is 6.03 Å². The van der Waals surface area contributed by atoms with E-state index in [2.05, 4.69) is 10.5 Å². The van der Waals surface area contributed by atoms with Crippen molar-refractivity contribution < 1.29 is 14.7 Å². The number of rotatable bonds is 2. The monoisotopic (exact) mass is 277 g/mol. The highest BCUT2D eigenvalue weighted by Gasteiger charge is 2.25. The molecule has 6 heteroatoms. The molecule has 1 heterocycles. The Kier molecular flexibility index (Phi) is 4.45. The number of likely N-dealkylation sites (tertiary alicyclic amines) is 1. The smallest absolute Gasteiger partial charge is 0.321 e.